The van der Waals surface area contributed by atoms with E-state index in [0.717, 1.165) is 18.7 Å². The molecule has 0 aromatic carbocycles. The van der Waals surface area contributed by atoms with Crippen molar-refractivity contribution in [3.63, 3.8) is 0 Å². The van der Waals surface area contributed by atoms with Crippen LogP contribution in [-0.4, -0.2) is 29.2 Å². The summed E-state index contributed by atoms with van der Waals surface area (Å²) < 4.78 is 5.63. The van der Waals surface area contributed by atoms with E-state index >= 15 is 0 Å². The molecular formula is C12H21N3O. The van der Waals surface area contributed by atoms with Crippen molar-refractivity contribution in [2.45, 2.75) is 39.3 Å². The molecule has 90 valence electrons. The van der Waals surface area contributed by atoms with E-state index in [1.54, 1.807) is 18.6 Å². The lowest BCUT2D eigenvalue weighted by atomic mass is 10.1. The Morgan fingerprint density at radius 1 is 1.38 bits per heavy atom. The normalized spacial score (nSPS) is 14.7. The fraction of sp³-hybridized carbons (Fsp3) is 0.667. The Morgan fingerprint density at radius 2 is 2.19 bits per heavy atom. The Kier molecular flexibility index (Phi) is 5.96. The minimum atomic E-state index is 0.105. The minimum absolute atomic E-state index is 0.105. The SMILES string of the molecule is CCCNC(c1cnccn1)C(C)OCC. The van der Waals surface area contributed by atoms with Crippen molar-refractivity contribution in [1.29, 1.82) is 0 Å². The highest BCUT2D eigenvalue weighted by Gasteiger charge is 2.19. The Balaban J connectivity index is 2.70. The molecule has 1 rings (SSSR count). The summed E-state index contributed by atoms with van der Waals surface area (Å²) in [6, 6.07) is 0.119. The molecule has 0 bridgehead atoms. The number of rotatable bonds is 7. The van der Waals surface area contributed by atoms with Crippen LogP contribution in [0.25, 0.3) is 0 Å². The van der Waals surface area contributed by atoms with Gasteiger partial charge in [0.1, 0.15) is 0 Å². The van der Waals surface area contributed by atoms with E-state index in [1.807, 2.05) is 6.92 Å². The topological polar surface area (TPSA) is 47.0 Å². The maximum Gasteiger partial charge on any atom is 0.0782 e. The van der Waals surface area contributed by atoms with Crippen LogP contribution in [-0.2, 0) is 4.74 Å². The molecule has 2 atom stereocenters. The maximum atomic E-state index is 5.63. The summed E-state index contributed by atoms with van der Waals surface area (Å²) >= 11 is 0. The lowest BCUT2D eigenvalue weighted by Crippen LogP contribution is -2.33. The molecule has 0 saturated heterocycles. The molecule has 0 spiro atoms. The van der Waals surface area contributed by atoms with Gasteiger partial charge >= 0.3 is 0 Å². The average Bonchev–Trinajstić information content (AvgIpc) is 2.31. The van der Waals surface area contributed by atoms with E-state index in [2.05, 4.69) is 29.1 Å². The van der Waals surface area contributed by atoms with Crippen molar-refractivity contribution in [2.75, 3.05) is 13.2 Å². The monoisotopic (exact) mass is 223 g/mol. The molecular weight excluding hydrogens is 202 g/mol. The third-order valence-corrected chi connectivity index (χ3v) is 2.42. The Bertz CT molecular complexity index is 279. The predicted molar refractivity (Wildman–Crippen MR) is 64.2 cm³/mol. The number of nitrogens with zero attached hydrogens (tertiary/aromatic N) is 2. The van der Waals surface area contributed by atoms with Gasteiger partial charge in [-0.1, -0.05) is 6.92 Å². The molecule has 2 unspecified atom stereocenters. The van der Waals surface area contributed by atoms with E-state index < -0.39 is 0 Å². The average molecular weight is 223 g/mol. The van der Waals surface area contributed by atoms with Crippen LogP contribution in [0, 0.1) is 0 Å². The van der Waals surface area contributed by atoms with Gasteiger partial charge in [-0.25, -0.2) is 0 Å². The molecule has 0 aliphatic carbocycles. The van der Waals surface area contributed by atoms with Gasteiger partial charge < -0.3 is 10.1 Å². The predicted octanol–water partition coefficient (Wildman–Crippen LogP) is 1.94. The highest BCUT2D eigenvalue weighted by atomic mass is 16.5. The van der Waals surface area contributed by atoms with Crippen molar-refractivity contribution >= 4 is 0 Å². The van der Waals surface area contributed by atoms with Gasteiger partial charge in [0.25, 0.3) is 0 Å². The van der Waals surface area contributed by atoms with Crippen molar-refractivity contribution in [2.24, 2.45) is 0 Å². The molecule has 1 N–H and O–H groups in total. The van der Waals surface area contributed by atoms with E-state index in [-0.39, 0.29) is 12.1 Å². The van der Waals surface area contributed by atoms with Crippen LogP contribution in [0.5, 0.6) is 0 Å². The quantitative estimate of drug-likeness (QED) is 0.767. The van der Waals surface area contributed by atoms with Crippen LogP contribution in [0.4, 0.5) is 0 Å². The van der Waals surface area contributed by atoms with Gasteiger partial charge in [-0.05, 0) is 26.8 Å². The van der Waals surface area contributed by atoms with Crippen molar-refractivity contribution in [3.8, 4) is 0 Å². The second-order valence-corrected chi connectivity index (χ2v) is 3.72. The third-order valence-electron chi connectivity index (χ3n) is 2.42. The number of hydrogen-bond acceptors (Lipinski definition) is 4. The summed E-state index contributed by atoms with van der Waals surface area (Å²) in [5, 5.41) is 3.44. The molecule has 0 aliphatic heterocycles. The fourth-order valence-electron chi connectivity index (χ4n) is 1.64. The van der Waals surface area contributed by atoms with Crippen molar-refractivity contribution in [1.82, 2.24) is 15.3 Å². The molecule has 1 aromatic heterocycles. The first kappa shape index (κ1) is 13.1. The highest BCUT2D eigenvalue weighted by molar-refractivity contribution is 5.04. The summed E-state index contributed by atoms with van der Waals surface area (Å²) in [4.78, 5) is 8.43. The van der Waals surface area contributed by atoms with Crippen LogP contribution in [0.1, 0.15) is 38.9 Å². The number of nitrogens with one attached hydrogen (secondary N) is 1. The molecule has 0 aliphatic rings. The first-order valence-corrected chi connectivity index (χ1v) is 5.90. The number of aromatic nitrogens is 2. The Labute approximate surface area is 97.5 Å². The largest absolute Gasteiger partial charge is 0.377 e. The zero-order chi connectivity index (χ0) is 11.8. The van der Waals surface area contributed by atoms with E-state index in [0.29, 0.717) is 6.61 Å². The van der Waals surface area contributed by atoms with E-state index in [1.165, 1.54) is 0 Å². The van der Waals surface area contributed by atoms with Crippen LogP contribution < -0.4 is 5.32 Å². The second kappa shape index (κ2) is 7.30. The van der Waals surface area contributed by atoms with Crippen LogP contribution >= 0.6 is 0 Å². The third kappa shape index (κ3) is 3.87. The zero-order valence-electron chi connectivity index (χ0n) is 10.3. The molecule has 4 heteroatoms. The standard InChI is InChI=1S/C12H21N3O/c1-4-6-15-12(10(3)16-5-2)11-9-13-7-8-14-11/h7-10,12,15H,4-6H2,1-3H3. The first-order chi connectivity index (χ1) is 7.79. The summed E-state index contributed by atoms with van der Waals surface area (Å²) in [5.41, 5.74) is 0.942. The van der Waals surface area contributed by atoms with E-state index in [4.69, 9.17) is 4.74 Å². The zero-order valence-corrected chi connectivity index (χ0v) is 10.3. The number of hydrogen-bond donors (Lipinski definition) is 1. The summed E-state index contributed by atoms with van der Waals surface area (Å²) in [5.74, 6) is 0. The Morgan fingerprint density at radius 3 is 2.75 bits per heavy atom. The Hall–Kier alpha value is -1.00. The maximum absolute atomic E-state index is 5.63. The number of ether oxygens (including phenoxy) is 1. The highest BCUT2D eigenvalue weighted by Crippen LogP contribution is 2.16. The van der Waals surface area contributed by atoms with Crippen molar-refractivity contribution < 1.29 is 4.74 Å². The summed E-state index contributed by atoms with van der Waals surface area (Å²) in [6.45, 7) is 7.88. The molecule has 0 fully saturated rings. The molecule has 16 heavy (non-hydrogen) atoms. The summed E-state index contributed by atoms with van der Waals surface area (Å²) in [6.07, 6.45) is 6.40. The van der Waals surface area contributed by atoms with Gasteiger partial charge in [0.05, 0.1) is 24.0 Å². The van der Waals surface area contributed by atoms with Gasteiger partial charge in [-0.3, -0.25) is 9.97 Å². The van der Waals surface area contributed by atoms with Crippen LogP contribution in [0.2, 0.25) is 0 Å². The van der Waals surface area contributed by atoms with Crippen LogP contribution in [0.15, 0.2) is 18.6 Å². The first-order valence-electron chi connectivity index (χ1n) is 5.90. The van der Waals surface area contributed by atoms with Gasteiger partial charge in [0.15, 0.2) is 0 Å². The summed E-state index contributed by atoms with van der Waals surface area (Å²) in [7, 11) is 0. The van der Waals surface area contributed by atoms with Gasteiger partial charge in [-0.2, -0.15) is 0 Å². The molecule has 1 heterocycles. The minimum Gasteiger partial charge on any atom is -0.377 e. The lowest BCUT2D eigenvalue weighted by molar-refractivity contribution is 0.0460. The van der Waals surface area contributed by atoms with E-state index in [9.17, 15) is 0 Å². The van der Waals surface area contributed by atoms with Gasteiger partial charge in [0, 0.05) is 19.0 Å². The van der Waals surface area contributed by atoms with Crippen molar-refractivity contribution in [3.05, 3.63) is 24.3 Å². The molecule has 0 saturated carbocycles. The lowest BCUT2D eigenvalue weighted by Gasteiger charge is -2.24. The van der Waals surface area contributed by atoms with Crippen LogP contribution in [0.3, 0.4) is 0 Å². The van der Waals surface area contributed by atoms with Gasteiger partial charge in [-0.15, -0.1) is 0 Å². The fourth-order valence-corrected chi connectivity index (χ4v) is 1.64. The van der Waals surface area contributed by atoms with Gasteiger partial charge in [0.2, 0.25) is 0 Å². The smallest absolute Gasteiger partial charge is 0.0782 e. The molecule has 1 aromatic rings. The second-order valence-electron chi connectivity index (χ2n) is 3.72. The molecule has 4 nitrogen and oxygen atoms in total. The molecule has 0 amide bonds. The molecule has 0 radical (unpaired) electrons.